The molecule has 0 atom stereocenters. The number of aryl methyl sites for hydroxylation is 2. The highest BCUT2D eigenvalue weighted by Gasteiger charge is 2.14. The van der Waals surface area contributed by atoms with Gasteiger partial charge in [0.05, 0.1) is 5.69 Å². The lowest BCUT2D eigenvalue weighted by molar-refractivity contribution is 0.257. The van der Waals surface area contributed by atoms with Gasteiger partial charge in [0, 0.05) is 42.9 Å². The summed E-state index contributed by atoms with van der Waals surface area (Å²) in [7, 11) is 0. The molecule has 0 aliphatic carbocycles. The van der Waals surface area contributed by atoms with Gasteiger partial charge in [0.15, 0.2) is 0 Å². The Morgan fingerprint density at radius 1 is 0.659 bits per heavy atom. The average molecular weight is 536 g/mol. The van der Waals surface area contributed by atoms with E-state index < -0.39 is 0 Å². The van der Waals surface area contributed by atoms with Gasteiger partial charge in [-0.2, -0.15) is 5.39 Å². The van der Waals surface area contributed by atoms with E-state index in [1.807, 2.05) is 12.3 Å². The summed E-state index contributed by atoms with van der Waals surface area (Å²) in [6.45, 7) is 6.80. The number of aromatic amines is 1. The Hall–Kier alpha value is -4.67. The van der Waals surface area contributed by atoms with Crippen LogP contribution in [0.3, 0.4) is 0 Å². The first kappa shape index (κ1) is 26.5. The fourth-order valence-corrected chi connectivity index (χ4v) is 5.31. The second-order valence-corrected chi connectivity index (χ2v) is 10.7. The number of anilines is 3. The topological polar surface area (TPSA) is 35.2 Å². The van der Waals surface area contributed by atoms with Gasteiger partial charge in [-0.15, -0.1) is 29.4 Å². The zero-order chi connectivity index (χ0) is 28.0. The van der Waals surface area contributed by atoms with Crippen LogP contribution in [0, 0.1) is 20.0 Å². The predicted molar refractivity (Wildman–Crippen MR) is 170 cm³/mol. The van der Waals surface area contributed by atoms with Gasteiger partial charge in [-0.3, -0.25) is 9.88 Å². The summed E-state index contributed by atoms with van der Waals surface area (Å²) < 4.78 is 0. The van der Waals surface area contributed by atoms with Crippen LogP contribution in [0.15, 0.2) is 121 Å². The van der Waals surface area contributed by atoms with E-state index in [0.29, 0.717) is 0 Å². The molecule has 204 valence electrons. The maximum Gasteiger partial charge on any atom is 0.0544 e. The predicted octanol–water partition coefficient (Wildman–Crippen LogP) is 8.69. The summed E-state index contributed by atoms with van der Waals surface area (Å²) in [5.74, 6) is 0. The second-order valence-electron chi connectivity index (χ2n) is 10.7. The molecular weight excluding hydrogens is 500 g/mol. The number of aromatic nitrogens is 2. The summed E-state index contributed by atoms with van der Waals surface area (Å²) >= 11 is 0. The zero-order valence-corrected chi connectivity index (χ0v) is 23.7. The van der Waals surface area contributed by atoms with Gasteiger partial charge in [-0.05, 0) is 74.4 Å². The highest BCUT2D eigenvalue weighted by atomic mass is 15.1. The van der Waals surface area contributed by atoms with Crippen molar-refractivity contribution in [2.45, 2.75) is 33.4 Å². The van der Waals surface area contributed by atoms with Crippen molar-refractivity contribution in [3.05, 3.63) is 156 Å². The van der Waals surface area contributed by atoms with Crippen molar-refractivity contribution in [2.75, 3.05) is 11.4 Å². The molecule has 0 radical (unpaired) electrons. The molecule has 41 heavy (non-hydrogen) atoms. The Bertz CT molecular complexity index is 1640. The highest BCUT2D eigenvalue weighted by molar-refractivity contribution is 5.82. The minimum atomic E-state index is 0.795. The van der Waals surface area contributed by atoms with Gasteiger partial charge >= 0.3 is 0 Å². The normalized spacial score (nSPS) is 11.3. The van der Waals surface area contributed by atoms with Crippen LogP contribution >= 0.6 is 0 Å². The van der Waals surface area contributed by atoms with E-state index in [4.69, 9.17) is 0 Å². The Labute approximate surface area is 242 Å². The number of hydrogen-bond acceptors (Lipinski definition) is 3. The number of nitrogens with one attached hydrogen (secondary N) is 1. The van der Waals surface area contributed by atoms with E-state index in [0.717, 1.165) is 54.3 Å². The molecule has 0 saturated carbocycles. The number of benzene rings is 4. The molecule has 0 unspecified atom stereocenters. The lowest BCUT2D eigenvalue weighted by Gasteiger charge is -2.27. The van der Waals surface area contributed by atoms with E-state index in [1.165, 1.54) is 27.6 Å². The van der Waals surface area contributed by atoms with Crippen molar-refractivity contribution in [1.82, 2.24) is 14.9 Å². The molecule has 1 N–H and O–H groups in total. The van der Waals surface area contributed by atoms with Crippen LogP contribution in [0.25, 0.3) is 10.9 Å². The number of para-hydroxylation sites is 1. The fourth-order valence-electron chi connectivity index (χ4n) is 5.31. The largest absolute Gasteiger partial charge is 0.477 e. The molecule has 0 aliphatic heterocycles. The molecule has 4 aromatic carbocycles. The van der Waals surface area contributed by atoms with Crippen LogP contribution in [0.5, 0.6) is 0 Å². The van der Waals surface area contributed by atoms with Gasteiger partial charge in [0.2, 0.25) is 0 Å². The Morgan fingerprint density at radius 3 is 1.90 bits per heavy atom. The monoisotopic (exact) mass is 535 g/mol. The van der Waals surface area contributed by atoms with E-state index in [1.54, 1.807) is 0 Å². The molecule has 2 heterocycles. The average Bonchev–Trinajstić information content (AvgIpc) is 3.42. The summed E-state index contributed by atoms with van der Waals surface area (Å²) in [4.78, 5) is 12.7. The van der Waals surface area contributed by atoms with Crippen molar-refractivity contribution < 1.29 is 0 Å². The Kier molecular flexibility index (Phi) is 7.92. The molecule has 4 nitrogen and oxygen atoms in total. The lowest BCUT2D eigenvalue weighted by Crippen LogP contribution is -2.25. The SMILES string of the molecule is Cc1ccc(N(c2ccc(C)cc2)c2ccc(CN(CCc3[c-][nH]c4ccccc34)Cc3ccccn3)cc2)cc1. The second kappa shape index (κ2) is 12.2. The third-order valence-corrected chi connectivity index (χ3v) is 7.58. The van der Waals surface area contributed by atoms with Crippen LogP contribution in [0.2, 0.25) is 0 Å². The quantitative estimate of drug-likeness (QED) is 0.178. The third-order valence-electron chi connectivity index (χ3n) is 7.58. The molecule has 0 bridgehead atoms. The van der Waals surface area contributed by atoms with Crippen LogP contribution in [0.4, 0.5) is 17.1 Å². The third kappa shape index (κ3) is 6.40. The van der Waals surface area contributed by atoms with E-state index in [2.05, 4.69) is 149 Å². The molecule has 6 rings (SSSR count). The minimum absolute atomic E-state index is 0.795. The van der Waals surface area contributed by atoms with Crippen molar-refractivity contribution in [2.24, 2.45) is 0 Å². The molecule has 0 spiro atoms. The van der Waals surface area contributed by atoms with Gasteiger partial charge in [-0.1, -0.05) is 65.7 Å². The molecule has 4 heteroatoms. The number of pyridine rings is 1. The summed E-state index contributed by atoms with van der Waals surface area (Å²) in [5.41, 5.74) is 10.7. The standard InChI is InChI=1S/C37H35N4/c1-28-10-16-33(17-11-28)41(34-18-12-29(2)13-19-34)35-20-14-30(15-21-35)26-40(27-32-7-5-6-23-38-32)24-22-31-25-39-37-9-4-3-8-36(31)37/h3-21,23,39H,22,24,26-27H2,1-2H3/q-1. The number of fused-ring (bicyclic) bond motifs is 1. The molecule has 6 aromatic rings. The first-order valence-electron chi connectivity index (χ1n) is 14.2. The van der Waals surface area contributed by atoms with E-state index in [-0.39, 0.29) is 0 Å². The molecule has 0 saturated heterocycles. The van der Waals surface area contributed by atoms with Gasteiger partial charge in [-0.25, -0.2) is 0 Å². The smallest absolute Gasteiger partial charge is 0.0544 e. The summed E-state index contributed by atoms with van der Waals surface area (Å²) in [6, 6.07) is 41.0. The molecule has 0 fully saturated rings. The Morgan fingerprint density at radius 2 is 1.27 bits per heavy atom. The van der Waals surface area contributed by atoms with Crippen LogP contribution in [0.1, 0.15) is 27.9 Å². The first-order valence-corrected chi connectivity index (χ1v) is 14.2. The van der Waals surface area contributed by atoms with Crippen LogP contribution in [-0.4, -0.2) is 21.4 Å². The Balaban J connectivity index is 1.24. The van der Waals surface area contributed by atoms with Crippen molar-refractivity contribution >= 4 is 28.0 Å². The van der Waals surface area contributed by atoms with Gasteiger partial charge in [0.25, 0.3) is 0 Å². The fraction of sp³-hybridized carbons (Fsp3) is 0.162. The van der Waals surface area contributed by atoms with Crippen LogP contribution in [-0.2, 0) is 19.5 Å². The molecule has 0 amide bonds. The van der Waals surface area contributed by atoms with Crippen molar-refractivity contribution in [3.63, 3.8) is 0 Å². The van der Waals surface area contributed by atoms with Gasteiger partial charge < -0.3 is 9.88 Å². The summed E-state index contributed by atoms with van der Waals surface area (Å²) in [5, 5.41) is 1.25. The highest BCUT2D eigenvalue weighted by Crippen LogP contribution is 2.35. The zero-order valence-electron chi connectivity index (χ0n) is 23.7. The summed E-state index contributed by atoms with van der Waals surface area (Å²) in [6.07, 6.45) is 6.18. The number of nitrogens with zero attached hydrogens (tertiary/aromatic N) is 3. The lowest BCUT2D eigenvalue weighted by atomic mass is 10.1. The van der Waals surface area contributed by atoms with Crippen LogP contribution < -0.4 is 4.90 Å². The van der Waals surface area contributed by atoms with E-state index >= 15 is 0 Å². The molecule has 2 aromatic heterocycles. The molecular formula is C37H35N4-. The van der Waals surface area contributed by atoms with Gasteiger partial charge in [0.1, 0.15) is 0 Å². The number of rotatable bonds is 10. The first-order chi connectivity index (χ1) is 20.1. The van der Waals surface area contributed by atoms with Crippen molar-refractivity contribution in [3.8, 4) is 0 Å². The number of hydrogen-bond donors (Lipinski definition) is 1. The maximum atomic E-state index is 4.61. The van der Waals surface area contributed by atoms with E-state index in [9.17, 15) is 0 Å². The maximum absolute atomic E-state index is 4.61. The number of H-pyrrole nitrogens is 1. The molecule has 0 aliphatic rings. The minimum Gasteiger partial charge on any atom is -0.477 e. The van der Waals surface area contributed by atoms with Crippen molar-refractivity contribution in [1.29, 1.82) is 0 Å².